The van der Waals surface area contributed by atoms with Gasteiger partial charge in [-0.2, -0.15) is 0 Å². The average molecular weight is 357 g/mol. The Morgan fingerprint density at radius 3 is 2.59 bits per heavy atom. The van der Waals surface area contributed by atoms with Crippen molar-refractivity contribution in [3.63, 3.8) is 0 Å². The molecule has 4 rings (SSSR count). The van der Waals surface area contributed by atoms with Gasteiger partial charge in [-0.15, -0.1) is 0 Å². The van der Waals surface area contributed by atoms with Crippen molar-refractivity contribution in [2.24, 2.45) is 0 Å². The molecule has 3 aromatic heterocycles. The number of aromatic amines is 1. The maximum absolute atomic E-state index is 12.0. The summed E-state index contributed by atoms with van der Waals surface area (Å²) in [5, 5.41) is 4.26. The summed E-state index contributed by atoms with van der Waals surface area (Å²) < 4.78 is 0. The third kappa shape index (κ3) is 3.50. The molecule has 2 N–H and O–H groups in total. The molecule has 27 heavy (non-hydrogen) atoms. The molecule has 0 fully saturated rings. The van der Waals surface area contributed by atoms with Gasteiger partial charge in [-0.1, -0.05) is 12.1 Å². The van der Waals surface area contributed by atoms with Crippen LogP contribution in [0.4, 0.5) is 11.5 Å². The molecular formula is C21H19N5O. The second-order valence-electron chi connectivity index (χ2n) is 6.48. The van der Waals surface area contributed by atoms with Crippen molar-refractivity contribution in [1.82, 2.24) is 19.9 Å². The number of carbonyl (C=O) groups is 1. The van der Waals surface area contributed by atoms with Crippen LogP contribution in [0, 0.1) is 0 Å². The van der Waals surface area contributed by atoms with E-state index in [-0.39, 0.29) is 5.91 Å². The number of rotatable bonds is 4. The summed E-state index contributed by atoms with van der Waals surface area (Å²) in [5.41, 5.74) is 4.54. The first kappa shape index (κ1) is 16.8. The van der Waals surface area contributed by atoms with Crippen LogP contribution in [0.3, 0.4) is 0 Å². The van der Waals surface area contributed by atoms with Crippen LogP contribution in [0.1, 0.15) is 10.4 Å². The molecule has 0 atom stereocenters. The molecule has 0 saturated heterocycles. The fraction of sp³-hybridized carbons (Fsp3) is 0.0952. The van der Waals surface area contributed by atoms with Crippen molar-refractivity contribution in [3.05, 3.63) is 72.7 Å². The first-order valence-electron chi connectivity index (χ1n) is 8.58. The van der Waals surface area contributed by atoms with Crippen molar-refractivity contribution >= 4 is 28.3 Å². The molecule has 0 aliphatic heterocycles. The van der Waals surface area contributed by atoms with Crippen molar-refractivity contribution in [3.8, 4) is 11.3 Å². The molecular weight excluding hydrogens is 338 g/mol. The minimum Gasteiger partial charge on any atom is -0.354 e. The minimum absolute atomic E-state index is 0.00600. The molecule has 0 bridgehead atoms. The van der Waals surface area contributed by atoms with Gasteiger partial charge in [-0.3, -0.25) is 9.78 Å². The molecule has 0 aliphatic rings. The number of anilines is 2. The van der Waals surface area contributed by atoms with Crippen LogP contribution in [0.25, 0.3) is 22.2 Å². The second-order valence-corrected chi connectivity index (χ2v) is 6.48. The van der Waals surface area contributed by atoms with E-state index in [0.29, 0.717) is 5.56 Å². The normalized spacial score (nSPS) is 10.7. The number of fused-ring (bicyclic) bond motifs is 1. The van der Waals surface area contributed by atoms with E-state index >= 15 is 0 Å². The molecule has 1 aromatic carbocycles. The average Bonchev–Trinajstić information content (AvgIpc) is 3.11. The van der Waals surface area contributed by atoms with Gasteiger partial charge >= 0.3 is 0 Å². The van der Waals surface area contributed by atoms with E-state index in [4.69, 9.17) is 0 Å². The van der Waals surface area contributed by atoms with Gasteiger partial charge in [-0.25, -0.2) is 4.98 Å². The zero-order valence-corrected chi connectivity index (χ0v) is 15.1. The third-order valence-corrected chi connectivity index (χ3v) is 4.29. The Labute approximate surface area is 156 Å². The Morgan fingerprint density at radius 1 is 1.07 bits per heavy atom. The fourth-order valence-corrected chi connectivity index (χ4v) is 2.88. The smallest absolute Gasteiger partial charge is 0.253 e. The summed E-state index contributed by atoms with van der Waals surface area (Å²) in [6.07, 6.45) is 5.32. The third-order valence-electron chi connectivity index (χ3n) is 4.29. The van der Waals surface area contributed by atoms with Crippen LogP contribution in [-0.2, 0) is 0 Å². The first-order valence-corrected chi connectivity index (χ1v) is 8.58. The Kier molecular flexibility index (Phi) is 4.30. The monoisotopic (exact) mass is 357 g/mol. The summed E-state index contributed by atoms with van der Waals surface area (Å²) in [6.45, 7) is 0. The lowest BCUT2D eigenvalue weighted by Gasteiger charge is -2.10. The maximum atomic E-state index is 12.0. The van der Waals surface area contributed by atoms with E-state index in [1.54, 1.807) is 31.4 Å². The highest BCUT2D eigenvalue weighted by Crippen LogP contribution is 2.26. The number of pyridine rings is 2. The van der Waals surface area contributed by atoms with E-state index in [1.807, 2.05) is 48.7 Å². The summed E-state index contributed by atoms with van der Waals surface area (Å²) in [7, 11) is 3.50. The van der Waals surface area contributed by atoms with Crippen LogP contribution in [0.2, 0.25) is 0 Å². The standard InChI is InChI=1S/C21H19N5O/c1-26(2)21(27)15-7-5-14(6-8-15)18-10-16-12-23-20(11-19(16)25-18)24-17-4-3-9-22-13-17/h3-13,25H,1-2H3,(H,23,24). The van der Waals surface area contributed by atoms with E-state index in [0.717, 1.165) is 33.7 Å². The summed E-state index contributed by atoms with van der Waals surface area (Å²) >= 11 is 0. The van der Waals surface area contributed by atoms with Crippen LogP contribution in [0.5, 0.6) is 0 Å². The Hall–Kier alpha value is -3.67. The Morgan fingerprint density at radius 2 is 1.89 bits per heavy atom. The van der Waals surface area contributed by atoms with Crippen molar-refractivity contribution in [2.45, 2.75) is 0 Å². The number of aromatic nitrogens is 3. The fourth-order valence-electron chi connectivity index (χ4n) is 2.88. The van der Waals surface area contributed by atoms with Gasteiger partial charge in [0.05, 0.1) is 17.4 Å². The SMILES string of the molecule is CN(C)C(=O)c1ccc(-c2cc3cnc(Nc4cccnc4)cc3[nH]2)cc1. The Balaban J connectivity index is 1.61. The zero-order valence-electron chi connectivity index (χ0n) is 15.1. The molecule has 6 heteroatoms. The lowest BCUT2D eigenvalue weighted by Crippen LogP contribution is -2.21. The highest BCUT2D eigenvalue weighted by molar-refractivity contribution is 5.94. The zero-order chi connectivity index (χ0) is 18.8. The quantitative estimate of drug-likeness (QED) is 0.577. The number of hydrogen-bond donors (Lipinski definition) is 2. The van der Waals surface area contributed by atoms with Gasteiger partial charge in [0, 0.05) is 49.2 Å². The predicted octanol–water partition coefficient (Wildman–Crippen LogP) is 4.07. The Bertz CT molecular complexity index is 1080. The number of nitrogens with one attached hydrogen (secondary N) is 2. The van der Waals surface area contributed by atoms with Crippen molar-refractivity contribution in [2.75, 3.05) is 19.4 Å². The summed E-state index contributed by atoms with van der Waals surface area (Å²) in [6, 6.07) is 15.4. The first-order chi connectivity index (χ1) is 13.1. The number of carbonyl (C=O) groups excluding carboxylic acids is 1. The van der Waals surface area contributed by atoms with Gasteiger partial charge in [0.2, 0.25) is 0 Å². The molecule has 4 aromatic rings. The topological polar surface area (TPSA) is 73.9 Å². The van der Waals surface area contributed by atoms with Crippen molar-refractivity contribution < 1.29 is 4.79 Å². The van der Waals surface area contributed by atoms with Gasteiger partial charge < -0.3 is 15.2 Å². The lowest BCUT2D eigenvalue weighted by atomic mass is 10.1. The predicted molar refractivity (Wildman–Crippen MR) is 107 cm³/mol. The molecule has 1 amide bonds. The molecule has 134 valence electrons. The molecule has 0 spiro atoms. The highest BCUT2D eigenvalue weighted by Gasteiger charge is 2.09. The summed E-state index contributed by atoms with van der Waals surface area (Å²) in [4.78, 5) is 25.6. The van der Waals surface area contributed by atoms with E-state index < -0.39 is 0 Å². The summed E-state index contributed by atoms with van der Waals surface area (Å²) in [5.74, 6) is 0.740. The lowest BCUT2D eigenvalue weighted by molar-refractivity contribution is 0.0827. The maximum Gasteiger partial charge on any atom is 0.253 e. The van der Waals surface area contributed by atoms with E-state index in [2.05, 4.69) is 26.3 Å². The largest absolute Gasteiger partial charge is 0.354 e. The van der Waals surface area contributed by atoms with Gasteiger partial charge in [0.25, 0.3) is 5.91 Å². The highest BCUT2D eigenvalue weighted by atomic mass is 16.2. The molecule has 3 heterocycles. The molecule has 0 unspecified atom stereocenters. The minimum atomic E-state index is -0.00600. The molecule has 6 nitrogen and oxygen atoms in total. The van der Waals surface area contributed by atoms with Crippen LogP contribution in [0.15, 0.2) is 67.1 Å². The van der Waals surface area contributed by atoms with Crippen molar-refractivity contribution in [1.29, 1.82) is 0 Å². The number of amides is 1. The number of benzene rings is 1. The van der Waals surface area contributed by atoms with E-state index in [1.165, 1.54) is 0 Å². The second kappa shape index (κ2) is 6.92. The van der Waals surface area contributed by atoms with Crippen LogP contribution in [-0.4, -0.2) is 39.9 Å². The number of hydrogen-bond acceptors (Lipinski definition) is 4. The van der Waals surface area contributed by atoms with Gasteiger partial charge in [-0.05, 0) is 35.9 Å². The molecule has 0 aliphatic carbocycles. The van der Waals surface area contributed by atoms with Crippen LogP contribution < -0.4 is 5.32 Å². The number of H-pyrrole nitrogens is 1. The molecule has 0 radical (unpaired) electrons. The number of nitrogens with zero attached hydrogens (tertiary/aromatic N) is 3. The van der Waals surface area contributed by atoms with E-state index in [9.17, 15) is 4.79 Å². The molecule has 0 saturated carbocycles. The van der Waals surface area contributed by atoms with Gasteiger partial charge in [0.1, 0.15) is 5.82 Å². The van der Waals surface area contributed by atoms with Gasteiger partial charge in [0.15, 0.2) is 0 Å². The van der Waals surface area contributed by atoms with Crippen LogP contribution >= 0.6 is 0 Å².